The van der Waals surface area contributed by atoms with Gasteiger partial charge in [-0.25, -0.2) is 4.79 Å². The molecule has 1 aliphatic heterocycles. The summed E-state index contributed by atoms with van der Waals surface area (Å²) in [6.45, 7) is 6.25. The Kier molecular flexibility index (Phi) is 5.75. The lowest BCUT2D eigenvalue weighted by molar-refractivity contribution is -0.140. The Morgan fingerprint density at radius 1 is 1.19 bits per heavy atom. The van der Waals surface area contributed by atoms with Gasteiger partial charge in [0.25, 0.3) is 0 Å². The normalized spacial score (nSPS) is 20.3. The molecule has 0 radical (unpaired) electrons. The molecule has 2 aliphatic rings. The average Bonchev–Trinajstić information content (AvgIpc) is 3.25. The van der Waals surface area contributed by atoms with Gasteiger partial charge in [0, 0.05) is 29.3 Å². The molecule has 0 fully saturated rings. The number of ether oxygens (including phenoxy) is 2. The first-order valence-electron chi connectivity index (χ1n) is 10.4. The summed E-state index contributed by atoms with van der Waals surface area (Å²) in [6, 6.07) is 9.40. The van der Waals surface area contributed by atoms with E-state index in [2.05, 4.69) is 19.2 Å². The minimum Gasteiger partial charge on any atom is -0.497 e. The number of benzene rings is 1. The van der Waals surface area contributed by atoms with Crippen molar-refractivity contribution in [3.63, 3.8) is 0 Å². The van der Waals surface area contributed by atoms with Gasteiger partial charge in [0.1, 0.15) is 12.4 Å². The molecule has 0 amide bonds. The van der Waals surface area contributed by atoms with Crippen LogP contribution in [0.4, 0.5) is 0 Å². The lowest BCUT2D eigenvalue weighted by atomic mass is 9.69. The van der Waals surface area contributed by atoms with E-state index in [1.165, 1.54) is 0 Å². The van der Waals surface area contributed by atoms with Crippen LogP contribution in [-0.2, 0) is 20.9 Å². The van der Waals surface area contributed by atoms with E-state index in [0.29, 0.717) is 17.6 Å². The second-order valence-corrected chi connectivity index (χ2v) is 9.69. The van der Waals surface area contributed by atoms with Crippen molar-refractivity contribution in [3.8, 4) is 5.75 Å². The van der Waals surface area contributed by atoms with E-state index in [0.717, 1.165) is 34.7 Å². The Labute approximate surface area is 186 Å². The number of carbonyl (C=O) groups excluding carboxylic acids is 2. The lowest BCUT2D eigenvalue weighted by Crippen LogP contribution is -2.38. The van der Waals surface area contributed by atoms with E-state index in [4.69, 9.17) is 9.47 Å². The Morgan fingerprint density at radius 3 is 2.58 bits per heavy atom. The monoisotopic (exact) mass is 437 g/mol. The van der Waals surface area contributed by atoms with Crippen molar-refractivity contribution in [2.75, 3.05) is 7.11 Å². The van der Waals surface area contributed by atoms with Gasteiger partial charge < -0.3 is 14.8 Å². The van der Waals surface area contributed by atoms with Gasteiger partial charge in [-0.1, -0.05) is 26.0 Å². The molecule has 0 unspecified atom stereocenters. The fraction of sp³-hybridized carbons (Fsp3) is 0.360. The summed E-state index contributed by atoms with van der Waals surface area (Å²) in [6.07, 6.45) is 1.25. The van der Waals surface area contributed by atoms with E-state index in [1.807, 2.05) is 48.0 Å². The minimum absolute atomic E-state index is 0.0999. The summed E-state index contributed by atoms with van der Waals surface area (Å²) in [5, 5.41) is 7.35. The Morgan fingerprint density at radius 2 is 1.94 bits per heavy atom. The second kappa shape index (κ2) is 8.35. The van der Waals surface area contributed by atoms with Crippen LogP contribution in [0.5, 0.6) is 5.75 Å². The molecule has 1 aromatic heterocycles. The number of dihydropyridines is 1. The zero-order valence-corrected chi connectivity index (χ0v) is 19.1. The Balaban J connectivity index is 1.64. The SMILES string of the molecule is COc1ccc(COC(=O)C2=C(C)NC3=C(C(=O)CC(C)(C)C3)[C@H]2c2ccsc2)cc1. The predicted molar refractivity (Wildman–Crippen MR) is 121 cm³/mol. The number of allylic oxidation sites excluding steroid dienone is 3. The lowest BCUT2D eigenvalue weighted by Gasteiger charge is -2.39. The third-order valence-corrected chi connectivity index (χ3v) is 6.57. The molecule has 1 N–H and O–H groups in total. The van der Waals surface area contributed by atoms with Crippen molar-refractivity contribution in [2.45, 2.75) is 46.1 Å². The van der Waals surface area contributed by atoms with Gasteiger partial charge in [-0.05, 0) is 58.8 Å². The molecule has 162 valence electrons. The summed E-state index contributed by atoms with van der Waals surface area (Å²) < 4.78 is 10.9. The Bertz CT molecular complexity index is 1060. The van der Waals surface area contributed by atoms with Crippen LogP contribution in [0.2, 0.25) is 0 Å². The third-order valence-electron chi connectivity index (χ3n) is 5.87. The van der Waals surface area contributed by atoms with Gasteiger partial charge in [0.05, 0.1) is 12.7 Å². The third kappa shape index (κ3) is 4.30. The fourth-order valence-corrected chi connectivity index (χ4v) is 5.11. The first-order valence-corrected chi connectivity index (χ1v) is 11.3. The average molecular weight is 438 g/mol. The van der Waals surface area contributed by atoms with E-state index < -0.39 is 11.9 Å². The maximum absolute atomic E-state index is 13.2. The quantitative estimate of drug-likeness (QED) is 0.659. The molecule has 0 saturated heterocycles. The number of esters is 1. The van der Waals surface area contributed by atoms with Crippen LogP contribution >= 0.6 is 11.3 Å². The number of nitrogens with one attached hydrogen (secondary N) is 1. The van der Waals surface area contributed by atoms with Crippen molar-refractivity contribution >= 4 is 23.1 Å². The molecule has 0 bridgehead atoms. The van der Waals surface area contributed by atoms with Crippen LogP contribution in [0, 0.1) is 5.41 Å². The molecule has 0 spiro atoms. The number of carbonyl (C=O) groups is 2. The molecule has 1 atom stereocenters. The topological polar surface area (TPSA) is 64.6 Å². The van der Waals surface area contributed by atoms with Crippen LogP contribution in [-0.4, -0.2) is 18.9 Å². The molecular weight excluding hydrogens is 410 g/mol. The molecule has 2 heterocycles. The van der Waals surface area contributed by atoms with Crippen LogP contribution in [0.1, 0.15) is 50.7 Å². The van der Waals surface area contributed by atoms with E-state index >= 15 is 0 Å². The smallest absolute Gasteiger partial charge is 0.337 e. The molecule has 0 saturated carbocycles. The highest BCUT2D eigenvalue weighted by Gasteiger charge is 2.43. The van der Waals surface area contributed by atoms with Crippen LogP contribution in [0.25, 0.3) is 0 Å². The molecular formula is C25H27NO4S. The van der Waals surface area contributed by atoms with E-state index in [-0.39, 0.29) is 17.8 Å². The number of rotatable bonds is 5. The van der Waals surface area contributed by atoms with Crippen LogP contribution in [0.3, 0.4) is 0 Å². The molecule has 31 heavy (non-hydrogen) atoms. The number of methoxy groups -OCH3 is 1. The molecule has 1 aliphatic carbocycles. The number of hydrogen-bond donors (Lipinski definition) is 1. The van der Waals surface area contributed by atoms with Gasteiger partial charge in [-0.3, -0.25) is 4.79 Å². The predicted octanol–water partition coefficient (Wildman–Crippen LogP) is 5.10. The first kappa shape index (κ1) is 21.4. The maximum Gasteiger partial charge on any atom is 0.337 e. The summed E-state index contributed by atoms with van der Waals surface area (Å²) in [5.74, 6) is 0.0550. The van der Waals surface area contributed by atoms with Crippen molar-refractivity contribution in [2.24, 2.45) is 5.41 Å². The number of Topliss-reactive ketones (excluding diaryl/α,β-unsaturated/α-hetero) is 1. The van der Waals surface area contributed by atoms with Crippen molar-refractivity contribution in [1.82, 2.24) is 5.32 Å². The summed E-state index contributed by atoms with van der Waals surface area (Å²) in [4.78, 5) is 26.4. The molecule has 2 aromatic rings. The minimum atomic E-state index is -0.402. The largest absolute Gasteiger partial charge is 0.497 e. The summed E-state index contributed by atoms with van der Waals surface area (Å²) in [7, 11) is 1.61. The molecule has 4 rings (SSSR count). The van der Waals surface area contributed by atoms with Gasteiger partial charge in [-0.15, -0.1) is 0 Å². The van der Waals surface area contributed by atoms with Crippen molar-refractivity contribution in [3.05, 3.63) is 74.8 Å². The fourth-order valence-electron chi connectivity index (χ4n) is 4.43. The van der Waals surface area contributed by atoms with E-state index in [1.54, 1.807) is 18.4 Å². The number of thiophene rings is 1. The standard InChI is InChI=1S/C25H27NO4S/c1-15-21(24(28)30-13-16-5-7-18(29-4)8-6-16)22(17-9-10-31-14-17)23-19(26-15)11-25(2,3)12-20(23)27/h5-10,14,22,26H,11-13H2,1-4H3/t22-/m0/s1. The molecule has 5 nitrogen and oxygen atoms in total. The highest BCUT2D eigenvalue weighted by molar-refractivity contribution is 7.08. The van der Waals surface area contributed by atoms with Crippen LogP contribution < -0.4 is 10.1 Å². The van der Waals surface area contributed by atoms with Gasteiger partial charge in [0.15, 0.2) is 5.78 Å². The highest BCUT2D eigenvalue weighted by atomic mass is 32.1. The number of ketones is 1. The molecule has 1 aromatic carbocycles. The Hall–Kier alpha value is -2.86. The van der Waals surface area contributed by atoms with Gasteiger partial charge >= 0.3 is 5.97 Å². The summed E-state index contributed by atoms with van der Waals surface area (Å²) in [5.41, 5.74) is 4.64. The summed E-state index contributed by atoms with van der Waals surface area (Å²) >= 11 is 1.56. The zero-order valence-electron chi connectivity index (χ0n) is 18.3. The zero-order chi connectivity index (χ0) is 22.2. The molecule has 6 heteroatoms. The van der Waals surface area contributed by atoms with Gasteiger partial charge in [-0.2, -0.15) is 11.3 Å². The van der Waals surface area contributed by atoms with Crippen LogP contribution in [0.15, 0.2) is 63.6 Å². The van der Waals surface area contributed by atoms with Gasteiger partial charge in [0.2, 0.25) is 0 Å². The second-order valence-electron chi connectivity index (χ2n) is 8.91. The van der Waals surface area contributed by atoms with Crippen molar-refractivity contribution in [1.29, 1.82) is 0 Å². The van der Waals surface area contributed by atoms with E-state index in [9.17, 15) is 9.59 Å². The first-order chi connectivity index (χ1) is 14.8. The van der Waals surface area contributed by atoms with Crippen molar-refractivity contribution < 1.29 is 19.1 Å². The highest BCUT2D eigenvalue weighted by Crippen LogP contribution is 2.47. The number of hydrogen-bond acceptors (Lipinski definition) is 6. The maximum atomic E-state index is 13.2.